The highest BCUT2D eigenvalue weighted by Gasteiger charge is 2.01. The third-order valence-electron chi connectivity index (χ3n) is 1.64. The van der Waals surface area contributed by atoms with Gasteiger partial charge in [-0.15, -0.1) is 0 Å². The molecule has 66 valence electrons. The molecule has 0 aromatic rings. The van der Waals surface area contributed by atoms with E-state index in [0.29, 0.717) is 0 Å². The van der Waals surface area contributed by atoms with Gasteiger partial charge in [-0.3, -0.25) is 0 Å². The quantitative estimate of drug-likeness (QED) is 0.486. The zero-order valence-electron chi connectivity index (χ0n) is 8.35. The van der Waals surface area contributed by atoms with Crippen LogP contribution < -0.4 is 0 Å². The predicted octanol–water partition coefficient (Wildman–Crippen LogP) is 2.68. The highest BCUT2D eigenvalue weighted by molar-refractivity contribution is 5.02. The largest absolute Gasteiger partial charge is 0.302 e. The first-order chi connectivity index (χ1) is 5.20. The summed E-state index contributed by atoms with van der Waals surface area (Å²) in [5, 5.41) is 0. The van der Waals surface area contributed by atoms with Gasteiger partial charge >= 0.3 is 0 Å². The van der Waals surface area contributed by atoms with Crippen molar-refractivity contribution in [3.63, 3.8) is 0 Å². The van der Waals surface area contributed by atoms with Crippen molar-refractivity contribution in [2.75, 3.05) is 20.1 Å². The Labute approximate surface area is 71.1 Å². The molecule has 0 saturated carbocycles. The monoisotopic (exact) mass is 155 g/mol. The SMILES string of the molecule is CC1=CCN(C)CC1.CCC. The van der Waals surface area contributed by atoms with Crippen LogP contribution in [0.5, 0.6) is 0 Å². The van der Waals surface area contributed by atoms with Crippen molar-refractivity contribution in [3.8, 4) is 0 Å². The van der Waals surface area contributed by atoms with Crippen molar-refractivity contribution in [3.05, 3.63) is 11.6 Å². The summed E-state index contributed by atoms with van der Waals surface area (Å²) >= 11 is 0. The van der Waals surface area contributed by atoms with E-state index in [1.807, 2.05) is 0 Å². The fourth-order valence-electron chi connectivity index (χ4n) is 0.872. The lowest BCUT2D eigenvalue weighted by Gasteiger charge is -2.19. The fourth-order valence-corrected chi connectivity index (χ4v) is 0.872. The molecule has 1 heterocycles. The van der Waals surface area contributed by atoms with Crippen LogP contribution in [0, 0.1) is 0 Å². The number of rotatable bonds is 0. The van der Waals surface area contributed by atoms with Gasteiger partial charge in [0.2, 0.25) is 0 Å². The van der Waals surface area contributed by atoms with Gasteiger partial charge in [0.05, 0.1) is 0 Å². The standard InChI is InChI=1S/C7H13N.C3H8/c1-7-3-5-8(2)6-4-7;1-3-2/h3H,4-6H2,1-2H3;3H2,1-2H3. The Balaban J connectivity index is 0.000000292. The van der Waals surface area contributed by atoms with Crippen LogP contribution >= 0.6 is 0 Å². The zero-order valence-corrected chi connectivity index (χ0v) is 8.35. The maximum absolute atomic E-state index is 2.33. The summed E-state index contributed by atoms with van der Waals surface area (Å²) in [6.07, 6.45) is 4.81. The molecule has 0 aliphatic carbocycles. The van der Waals surface area contributed by atoms with Crippen molar-refractivity contribution in [2.24, 2.45) is 0 Å². The summed E-state index contributed by atoms with van der Waals surface area (Å²) in [6, 6.07) is 0. The van der Waals surface area contributed by atoms with Crippen LogP contribution in [0.1, 0.15) is 33.6 Å². The summed E-state index contributed by atoms with van der Waals surface area (Å²) < 4.78 is 0. The van der Waals surface area contributed by atoms with Crippen LogP contribution in [0.25, 0.3) is 0 Å². The minimum Gasteiger partial charge on any atom is -0.302 e. The number of likely N-dealkylation sites (N-methyl/N-ethyl adjacent to an activating group) is 1. The van der Waals surface area contributed by atoms with Crippen LogP contribution in [0.15, 0.2) is 11.6 Å². The Kier molecular flexibility index (Phi) is 6.24. The number of nitrogens with zero attached hydrogens (tertiary/aromatic N) is 1. The Morgan fingerprint density at radius 1 is 1.45 bits per heavy atom. The highest BCUT2D eigenvalue weighted by Crippen LogP contribution is 2.06. The van der Waals surface area contributed by atoms with E-state index in [2.05, 4.69) is 38.8 Å². The van der Waals surface area contributed by atoms with Gasteiger partial charge in [-0.25, -0.2) is 0 Å². The van der Waals surface area contributed by atoms with Crippen molar-refractivity contribution in [1.82, 2.24) is 4.90 Å². The fraction of sp³-hybridized carbons (Fsp3) is 0.800. The Morgan fingerprint density at radius 2 is 2.00 bits per heavy atom. The molecule has 0 spiro atoms. The van der Waals surface area contributed by atoms with E-state index in [9.17, 15) is 0 Å². The van der Waals surface area contributed by atoms with Crippen molar-refractivity contribution in [1.29, 1.82) is 0 Å². The van der Waals surface area contributed by atoms with E-state index in [-0.39, 0.29) is 0 Å². The molecule has 0 fully saturated rings. The first kappa shape index (κ1) is 10.7. The molecule has 0 aromatic carbocycles. The van der Waals surface area contributed by atoms with Crippen molar-refractivity contribution >= 4 is 0 Å². The average molecular weight is 155 g/mol. The lowest BCUT2D eigenvalue weighted by atomic mass is 10.1. The molecule has 0 radical (unpaired) electrons. The summed E-state index contributed by atoms with van der Waals surface area (Å²) in [5.41, 5.74) is 1.54. The molecule has 0 saturated heterocycles. The molecular weight excluding hydrogens is 134 g/mol. The molecule has 0 unspecified atom stereocenters. The van der Waals surface area contributed by atoms with Gasteiger partial charge in [-0.1, -0.05) is 31.9 Å². The second kappa shape index (κ2) is 6.41. The molecule has 1 aliphatic rings. The third-order valence-corrected chi connectivity index (χ3v) is 1.64. The molecule has 11 heavy (non-hydrogen) atoms. The van der Waals surface area contributed by atoms with Gasteiger partial charge in [0, 0.05) is 13.1 Å². The molecular formula is C10H21N. The molecule has 1 rings (SSSR count). The lowest BCUT2D eigenvalue weighted by molar-refractivity contribution is 0.359. The number of hydrogen-bond acceptors (Lipinski definition) is 1. The van der Waals surface area contributed by atoms with Gasteiger partial charge in [0.25, 0.3) is 0 Å². The molecule has 0 atom stereocenters. The molecule has 0 amide bonds. The molecule has 1 heteroatoms. The number of hydrogen-bond donors (Lipinski definition) is 0. The van der Waals surface area contributed by atoms with Crippen LogP contribution in [-0.2, 0) is 0 Å². The molecule has 1 nitrogen and oxygen atoms in total. The van der Waals surface area contributed by atoms with Gasteiger partial charge < -0.3 is 4.90 Å². The van der Waals surface area contributed by atoms with E-state index in [1.165, 1.54) is 19.4 Å². The van der Waals surface area contributed by atoms with Gasteiger partial charge in [-0.05, 0) is 20.4 Å². The Bertz CT molecular complexity index is 116. The summed E-state index contributed by atoms with van der Waals surface area (Å²) in [7, 11) is 2.16. The minimum atomic E-state index is 1.14. The topological polar surface area (TPSA) is 3.24 Å². The maximum Gasteiger partial charge on any atom is 0.0162 e. The third kappa shape index (κ3) is 6.11. The Hall–Kier alpha value is -0.300. The summed E-state index contributed by atoms with van der Waals surface area (Å²) in [4.78, 5) is 2.33. The van der Waals surface area contributed by atoms with E-state index in [4.69, 9.17) is 0 Å². The van der Waals surface area contributed by atoms with Crippen molar-refractivity contribution in [2.45, 2.75) is 33.6 Å². The van der Waals surface area contributed by atoms with Crippen molar-refractivity contribution < 1.29 is 0 Å². The average Bonchev–Trinajstić information content (AvgIpc) is 1.97. The summed E-state index contributed by atoms with van der Waals surface area (Å²) in [6.45, 7) is 8.83. The molecule has 1 aliphatic heterocycles. The zero-order chi connectivity index (χ0) is 8.69. The normalized spacial score (nSPS) is 18.4. The Morgan fingerprint density at radius 3 is 2.27 bits per heavy atom. The van der Waals surface area contributed by atoms with Gasteiger partial charge in [0.15, 0.2) is 0 Å². The highest BCUT2D eigenvalue weighted by atomic mass is 15.1. The van der Waals surface area contributed by atoms with Gasteiger partial charge in [-0.2, -0.15) is 0 Å². The second-order valence-corrected chi connectivity index (χ2v) is 3.27. The van der Waals surface area contributed by atoms with E-state index < -0.39 is 0 Å². The first-order valence-corrected chi connectivity index (χ1v) is 4.54. The first-order valence-electron chi connectivity index (χ1n) is 4.54. The lowest BCUT2D eigenvalue weighted by Crippen LogP contribution is -2.23. The van der Waals surface area contributed by atoms with Crippen LogP contribution in [0.2, 0.25) is 0 Å². The van der Waals surface area contributed by atoms with Gasteiger partial charge in [0.1, 0.15) is 0 Å². The molecule has 0 aromatic heterocycles. The van der Waals surface area contributed by atoms with E-state index in [1.54, 1.807) is 5.57 Å². The molecule has 0 N–H and O–H groups in total. The summed E-state index contributed by atoms with van der Waals surface area (Å²) in [5.74, 6) is 0. The predicted molar refractivity (Wildman–Crippen MR) is 51.8 cm³/mol. The van der Waals surface area contributed by atoms with Crippen LogP contribution in [0.4, 0.5) is 0 Å². The molecule has 0 bridgehead atoms. The van der Waals surface area contributed by atoms with Crippen LogP contribution in [-0.4, -0.2) is 25.0 Å². The minimum absolute atomic E-state index is 1.14. The maximum atomic E-state index is 2.33. The van der Waals surface area contributed by atoms with Crippen LogP contribution in [0.3, 0.4) is 0 Å². The van der Waals surface area contributed by atoms with E-state index in [0.717, 1.165) is 6.54 Å². The smallest absolute Gasteiger partial charge is 0.0162 e. The second-order valence-electron chi connectivity index (χ2n) is 3.27. The van der Waals surface area contributed by atoms with E-state index >= 15 is 0 Å².